The Balaban J connectivity index is 1.83. The number of fused-ring (bicyclic) bond motifs is 1. The summed E-state index contributed by atoms with van der Waals surface area (Å²) in [6.45, 7) is 1.76. The molecule has 1 aromatic rings. The minimum absolute atomic E-state index is 0.130. The lowest BCUT2D eigenvalue weighted by Gasteiger charge is -2.34. The van der Waals surface area contributed by atoms with Gasteiger partial charge in [-0.05, 0) is 37.5 Å². The molecule has 20 heavy (non-hydrogen) atoms. The summed E-state index contributed by atoms with van der Waals surface area (Å²) in [6.07, 6.45) is 5.88. The highest BCUT2D eigenvalue weighted by molar-refractivity contribution is 5.85. The van der Waals surface area contributed by atoms with Gasteiger partial charge in [0.1, 0.15) is 5.75 Å². The molecule has 3 rings (SSSR count). The summed E-state index contributed by atoms with van der Waals surface area (Å²) < 4.78 is 5.86. The Hall–Kier alpha value is -1.55. The first-order valence-corrected chi connectivity index (χ1v) is 7.26. The number of carbonyl (C=O) groups excluding carboxylic acids is 1. The smallest absolute Gasteiger partial charge is 0.152 e. The van der Waals surface area contributed by atoms with Gasteiger partial charge in [0.15, 0.2) is 6.29 Å². The van der Waals surface area contributed by atoms with Gasteiger partial charge in [-0.1, -0.05) is 6.42 Å². The Labute approximate surface area is 119 Å². The summed E-state index contributed by atoms with van der Waals surface area (Å²) in [5.41, 5.74) is 1.66. The van der Waals surface area contributed by atoms with Crippen molar-refractivity contribution in [2.75, 3.05) is 25.1 Å². The molecule has 2 fully saturated rings. The highest BCUT2D eigenvalue weighted by Crippen LogP contribution is 2.48. The fourth-order valence-corrected chi connectivity index (χ4v) is 3.86. The second-order valence-corrected chi connectivity index (χ2v) is 6.08. The van der Waals surface area contributed by atoms with Crippen molar-refractivity contribution >= 4 is 12.0 Å². The van der Waals surface area contributed by atoms with E-state index in [1.54, 1.807) is 6.07 Å². The van der Waals surface area contributed by atoms with Gasteiger partial charge in [0.2, 0.25) is 0 Å². The number of benzene rings is 1. The Bertz CT molecular complexity index is 504. The molecule has 1 heterocycles. The molecule has 0 amide bonds. The van der Waals surface area contributed by atoms with Gasteiger partial charge in [-0.15, -0.1) is 0 Å². The molecule has 0 unspecified atom stereocenters. The van der Waals surface area contributed by atoms with E-state index in [2.05, 4.69) is 4.90 Å². The molecule has 1 aliphatic heterocycles. The van der Waals surface area contributed by atoms with Crippen LogP contribution in [0.4, 0.5) is 5.69 Å². The fourth-order valence-electron chi connectivity index (χ4n) is 3.86. The van der Waals surface area contributed by atoms with E-state index < -0.39 is 0 Å². The van der Waals surface area contributed by atoms with Crippen molar-refractivity contribution in [3.63, 3.8) is 0 Å². The molecule has 1 saturated heterocycles. The maximum Gasteiger partial charge on any atom is 0.152 e. The number of aldehydes is 1. The van der Waals surface area contributed by atoms with Crippen LogP contribution in [0.15, 0.2) is 18.2 Å². The van der Waals surface area contributed by atoms with Crippen LogP contribution in [0, 0.1) is 5.41 Å². The van der Waals surface area contributed by atoms with Gasteiger partial charge in [-0.2, -0.15) is 0 Å². The van der Waals surface area contributed by atoms with E-state index in [1.165, 1.54) is 18.9 Å². The predicted octanol–water partition coefficient (Wildman–Crippen LogP) is 2.60. The van der Waals surface area contributed by atoms with E-state index in [1.807, 2.05) is 13.1 Å². The number of rotatable bonds is 4. The molecular weight excluding hydrogens is 254 g/mol. The van der Waals surface area contributed by atoms with Crippen molar-refractivity contribution < 1.29 is 14.6 Å². The molecule has 2 aliphatic rings. The Morgan fingerprint density at radius 2 is 2.35 bits per heavy atom. The zero-order valence-electron chi connectivity index (χ0n) is 11.8. The molecular formula is C16H21NO3. The molecule has 1 saturated carbocycles. The van der Waals surface area contributed by atoms with Gasteiger partial charge in [0, 0.05) is 36.9 Å². The van der Waals surface area contributed by atoms with Crippen LogP contribution >= 0.6 is 0 Å². The molecule has 0 radical (unpaired) electrons. The summed E-state index contributed by atoms with van der Waals surface area (Å²) in [5.74, 6) is 0.130. The monoisotopic (exact) mass is 275 g/mol. The molecule has 4 nitrogen and oxygen atoms in total. The largest absolute Gasteiger partial charge is 0.508 e. The molecule has 0 aromatic heterocycles. The number of nitrogens with zero attached hydrogens (tertiary/aromatic N) is 1. The lowest BCUT2D eigenvalue weighted by molar-refractivity contribution is 0.0730. The first kappa shape index (κ1) is 13.4. The van der Waals surface area contributed by atoms with Gasteiger partial charge in [-0.25, -0.2) is 0 Å². The molecule has 2 atom stereocenters. The quantitative estimate of drug-likeness (QED) is 0.858. The van der Waals surface area contributed by atoms with Crippen molar-refractivity contribution in [1.29, 1.82) is 0 Å². The van der Waals surface area contributed by atoms with Crippen molar-refractivity contribution in [2.24, 2.45) is 5.41 Å². The number of hydrogen-bond acceptors (Lipinski definition) is 4. The lowest BCUT2D eigenvalue weighted by Crippen LogP contribution is -2.38. The highest BCUT2D eigenvalue weighted by Gasteiger charge is 2.48. The van der Waals surface area contributed by atoms with Crippen LogP contribution in [0.2, 0.25) is 0 Å². The summed E-state index contributed by atoms with van der Waals surface area (Å²) in [4.78, 5) is 13.3. The third kappa shape index (κ3) is 2.18. The average Bonchev–Trinajstić information content (AvgIpc) is 2.97. The summed E-state index contributed by atoms with van der Waals surface area (Å²) >= 11 is 0. The van der Waals surface area contributed by atoms with Crippen molar-refractivity contribution in [3.8, 4) is 5.75 Å². The van der Waals surface area contributed by atoms with E-state index in [-0.39, 0.29) is 11.2 Å². The lowest BCUT2D eigenvalue weighted by atomic mass is 9.82. The topological polar surface area (TPSA) is 49.8 Å². The molecule has 4 heteroatoms. The van der Waals surface area contributed by atoms with E-state index in [9.17, 15) is 9.90 Å². The molecule has 0 bridgehead atoms. The summed E-state index contributed by atoms with van der Waals surface area (Å²) in [5, 5.41) is 9.49. The van der Waals surface area contributed by atoms with Crippen LogP contribution < -0.4 is 4.90 Å². The highest BCUT2D eigenvalue weighted by atomic mass is 16.5. The number of phenols is 1. The standard InChI is InChI=1S/C16H21NO3/c1-17(14-5-4-13(19)9-12(14)10-18)11-16-6-2-3-15(16)20-8-7-16/h4-5,9-10,15,19H,2-3,6-8,11H2,1H3/t15-,16-/m1/s1. The van der Waals surface area contributed by atoms with Crippen molar-refractivity contribution in [2.45, 2.75) is 31.8 Å². The van der Waals surface area contributed by atoms with Crippen molar-refractivity contribution in [3.05, 3.63) is 23.8 Å². The third-order valence-electron chi connectivity index (χ3n) is 4.84. The first-order chi connectivity index (χ1) is 9.64. The van der Waals surface area contributed by atoms with E-state index >= 15 is 0 Å². The van der Waals surface area contributed by atoms with Crippen LogP contribution in [-0.2, 0) is 4.74 Å². The number of hydrogen-bond donors (Lipinski definition) is 1. The number of ether oxygens (including phenoxy) is 1. The van der Waals surface area contributed by atoms with E-state index in [0.29, 0.717) is 11.7 Å². The number of aromatic hydroxyl groups is 1. The Morgan fingerprint density at radius 1 is 1.50 bits per heavy atom. The fraction of sp³-hybridized carbons (Fsp3) is 0.562. The van der Waals surface area contributed by atoms with Gasteiger partial charge >= 0.3 is 0 Å². The maximum absolute atomic E-state index is 11.2. The summed E-state index contributed by atoms with van der Waals surface area (Å²) in [6, 6.07) is 4.97. The minimum atomic E-state index is 0.130. The van der Waals surface area contributed by atoms with Crippen molar-refractivity contribution in [1.82, 2.24) is 0 Å². The van der Waals surface area contributed by atoms with Crippen LogP contribution in [0.3, 0.4) is 0 Å². The number of carbonyl (C=O) groups is 1. The van der Waals surface area contributed by atoms with Crippen LogP contribution in [0.5, 0.6) is 5.75 Å². The zero-order chi connectivity index (χ0) is 14.2. The van der Waals surface area contributed by atoms with Crippen LogP contribution in [-0.4, -0.2) is 37.7 Å². The molecule has 1 N–H and O–H groups in total. The second kappa shape index (κ2) is 5.09. The normalized spacial score (nSPS) is 28.4. The molecule has 108 valence electrons. The zero-order valence-corrected chi connectivity index (χ0v) is 11.8. The van der Waals surface area contributed by atoms with Crippen LogP contribution in [0.1, 0.15) is 36.0 Å². The number of anilines is 1. The first-order valence-electron chi connectivity index (χ1n) is 7.26. The Morgan fingerprint density at radius 3 is 3.15 bits per heavy atom. The van der Waals surface area contributed by atoms with Gasteiger partial charge in [0.05, 0.1) is 6.10 Å². The summed E-state index contributed by atoms with van der Waals surface area (Å²) in [7, 11) is 2.02. The van der Waals surface area contributed by atoms with Gasteiger partial charge in [0.25, 0.3) is 0 Å². The van der Waals surface area contributed by atoms with Gasteiger partial charge in [-0.3, -0.25) is 4.79 Å². The minimum Gasteiger partial charge on any atom is -0.508 e. The third-order valence-corrected chi connectivity index (χ3v) is 4.84. The average molecular weight is 275 g/mol. The SMILES string of the molecule is CN(C[C@]12CCC[C@H]1OCC2)c1ccc(O)cc1C=O. The second-order valence-electron chi connectivity index (χ2n) is 6.08. The predicted molar refractivity (Wildman–Crippen MR) is 77.4 cm³/mol. The number of phenolic OH excluding ortho intramolecular Hbond substituents is 1. The van der Waals surface area contributed by atoms with E-state index in [0.717, 1.165) is 38.0 Å². The van der Waals surface area contributed by atoms with Crippen LogP contribution in [0.25, 0.3) is 0 Å². The molecule has 1 aliphatic carbocycles. The van der Waals surface area contributed by atoms with E-state index in [4.69, 9.17) is 4.74 Å². The Kier molecular flexibility index (Phi) is 3.42. The molecule has 0 spiro atoms. The van der Waals surface area contributed by atoms with Gasteiger partial charge < -0.3 is 14.7 Å². The molecule has 1 aromatic carbocycles. The maximum atomic E-state index is 11.2.